The maximum Gasteiger partial charge on any atom is 0.143 e. The fourth-order valence-electron chi connectivity index (χ4n) is 0.312. The SMILES string of the molecule is C=C(C)/C(=C/C=O)SS. The molecule has 0 fully saturated rings. The molecule has 0 aliphatic carbocycles. The zero-order valence-electron chi connectivity index (χ0n) is 5.13. The molecular weight excluding hydrogens is 152 g/mol. The molecule has 0 spiro atoms. The van der Waals surface area contributed by atoms with E-state index in [2.05, 4.69) is 18.2 Å². The lowest BCUT2D eigenvalue weighted by Crippen LogP contribution is -1.74. The minimum atomic E-state index is 0.729. The molecule has 0 N–H and O–H groups in total. The molecule has 0 aromatic rings. The topological polar surface area (TPSA) is 17.1 Å². The summed E-state index contributed by atoms with van der Waals surface area (Å²) in [5, 5.41) is 0. The normalized spacial score (nSPS) is 11.1. The van der Waals surface area contributed by atoms with Crippen LogP contribution in [0.1, 0.15) is 6.92 Å². The molecule has 50 valence electrons. The van der Waals surface area contributed by atoms with Gasteiger partial charge >= 0.3 is 0 Å². The molecular formula is C6H8OS2. The average Bonchev–Trinajstić information content (AvgIpc) is 1.82. The summed E-state index contributed by atoms with van der Waals surface area (Å²) in [6, 6.07) is 0. The van der Waals surface area contributed by atoms with Gasteiger partial charge in [-0.3, -0.25) is 4.79 Å². The van der Waals surface area contributed by atoms with Gasteiger partial charge in [0.25, 0.3) is 0 Å². The second-order valence-corrected chi connectivity index (χ2v) is 2.71. The number of carbonyl (C=O) groups is 1. The first-order chi connectivity index (χ1) is 4.22. The van der Waals surface area contributed by atoms with E-state index in [4.69, 9.17) is 0 Å². The molecule has 1 nitrogen and oxygen atoms in total. The van der Waals surface area contributed by atoms with Gasteiger partial charge in [0.15, 0.2) is 0 Å². The number of hydrogen-bond acceptors (Lipinski definition) is 3. The van der Waals surface area contributed by atoms with Gasteiger partial charge in [0.05, 0.1) is 0 Å². The van der Waals surface area contributed by atoms with Crippen molar-refractivity contribution in [2.75, 3.05) is 0 Å². The van der Waals surface area contributed by atoms with Gasteiger partial charge in [0.1, 0.15) is 6.29 Å². The second-order valence-electron chi connectivity index (χ2n) is 1.54. The number of rotatable bonds is 3. The Kier molecular flexibility index (Phi) is 4.62. The van der Waals surface area contributed by atoms with Gasteiger partial charge in [-0.05, 0) is 18.6 Å². The predicted octanol–water partition coefficient (Wildman–Crippen LogP) is 2.22. The van der Waals surface area contributed by atoms with Gasteiger partial charge in [-0.2, -0.15) is 0 Å². The second kappa shape index (κ2) is 4.70. The molecule has 9 heavy (non-hydrogen) atoms. The standard InChI is InChI=1S/C6H8OS2/c1-5(2)6(9-8)3-4-7/h3-4,8H,1H2,2H3/b6-3-. The highest BCUT2D eigenvalue weighted by atomic mass is 33.1. The van der Waals surface area contributed by atoms with Crippen molar-refractivity contribution in [3.8, 4) is 0 Å². The average molecular weight is 160 g/mol. The number of allylic oxidation sites excluding steroid dienone is 2. The van der Waals surface area contributed by atoms with Crippen LogP contribution in [0.25, 0.3) is 0 Å². The number of aldehydes is 1. The highest BCUT2D eigenvalue weighted by Gasteiger charge is 1.92. The molecule has 0 amide bonds. The van der Waals surface area contributed by atoms with Crippen LogP contribution in [0.2, 0.25) is 0 Å². The zero-order valence-corrected chi connectivity index (χ0v) is 6.84. The van der Waals surface area contributed by atoms with E-state index in [1.807, 2.05) is 6.92 Å². The molecule has 0 aliphatic rings. The van der Waals surface area contributed by atoms with E-state index >= 15 is 0 Å². The summed E-state index contributed by atoms with van der Waals surface area (Å²) in [6.45, 7) is 5.48. The van der Waals surface area contributed by atoms with Crippen molar-refractivity contribution in [3.63, 3.8) is 0 Å². The van der Waals surface area contributed by atoms with Gasteiger partial charge in [0.2, 0.25) is 0 Å². The Bertz CT molecular complexity index is 149. The maximum absolute atomic E-state index is 9.91. The first-order valence-corrected chi connectivity index (χ1v) is 4.22. The van der Waals surface area contributed by atoms with Crippen LogP contribution in [0.4, 0.5) is 0 Å². The fraction of sp³-hybridized carbons (Fsp3) is 0.167. The van der Waals surface area contributed by atoms with E-state index in [-0.39, 0.29) is 0 Å². The largest absolute Gasteiger partial charge is 0.299 e. The Morgan fingerprint density at radius 1 is 1.78 bits per heavy atom. The van der Waals surface area contributed by atoms with Crippen LogP contribution in [0, 0.1) is 0 Å². The first-order valence-electron chi connectivity index (χ1n) is 2.35. The summed E-state index contributed by atoms with van der Waals surface area (Å²) >= 11 is 3.92. The highest BCUT2D eigenvalue weighted by Crippen LogP contribution is 2.24. The summed E-state index contributed by atoms with van der Waals surface area (Å²) in [4.78, 5) is 10.7. The van der Waals surface area contributed by atoms with Gasteiger partial charge in [0, 0.05) is 4.91 Å². The van der Waals surface area contributed by atoms with Crippen molar-refractivity contribution in [2.24, 2.45) is 0 Å². The van der Waals surface area contributed by atoms with Gasteiger partial charge in [-0.25, -0.2) is 0 Å². The molecule has 0 aromatic carbocycles. The van der Waals surface area contributed by atoms with Crippen molar-refractivity contribution in [1.29, 1.82) is 0 Å². The van der Waals surface area contributed by atoms with Crippen LogP contribution >= 0.6 is 22.5 Å². The van der Waals surface area contributed by atoms with Gasteiger partial charge in [-0.15, -0.1) is 11.7 Å². The van der Waals surface area contributed by atoms with Crippen LogP contribution in [-0.2, 0) is 4.79 Å². The molecule has 0 saturated carbocycles. The van der Waals surface area contributed by atoms with Crippen molar-refractivity contribution in [3.05, 3.63) is 23.1 Å². The number of carbonyl (C=O) groups excluding carboxylic acids is 1. The van der Waals surface area contributed by atoms with E-state index in [0.29, 0.717) is 0 Å². The van der Waals surface area contributed by atoms with Crippen molar-refractivity contribution in [1.82, 2.24) is 0 Å². The third kappa shape index (κ3) is 3.43. The number of thiol groups is 1. The Labute approximate surface area is 64.0 Å². The molecule has 0 radical (unpaired) electrons. The Morgan fingerprint density at radius 2 is 2.33 bits per heavy atom. The van der Waals surface area contributed by atoms with E-state index < -0.39 is 0 Å². The third-order valence-electron chi connectivity index (χ3n) is 0.738. The summed E-state index contributed by atoms with van der Waals surface area (Å²) in [7, 11) is 1.23. The molecule has 0 saturated heterocycles. The number of hydrogen-bond donors (Lipinski definition) is 1. The lowest BCUT2D eigenvalue weighted by Gasteiger charge is -1.96. The maximum atomic E-state index is 9.91. The Morgan fingerprint density at radius 3 is 2.44 bits per heavy atom. The predicted molar refractivity (Wildman–Crippen MR) is 45.5 cm³/mol. The minimum absolute atomic E-state index is 0.729. The minimum Gasteiger partial charge on any atom is -0.299 e. The fourth-order valence-corrected chi connectivity index (χ4v) is 1.23. The lowest BCUT2D eigenvalue weighted by molar-refractivity contribution is -0.104. The Balaban J connectivity index is 4.14. The van der Waals surface area contributed by atoms with Crippen LogP contribution < -0.4 is 0 Å². The molecule has 0 heterocycles. The Hall–Kier alpha value is -0.150. The van der Waals surface area contributed by atoms with E-state index in [0.717, 1.165) is 16.8 Å². The molecule has 0 aromatic heterocycles. The zero-order chi connectivity index (χ0) is 7.28. The summed E-state index contributed by atoms with van der Waals surface area (Å²) in [5.74, 6) is 0. The van der Waals surface area contributed by atoms with Crippen LogP contribution in [0.3, 0.4) is 0 Å². The highest BCUT2D eigenvalue weighted by molar-refractivity contribution is 8.70. The molecule has 0 bridgehead atoms. The third-order valence-corrected chi connectivity index (χ3v) is 2.01. The van der Waals surface area contributed by atoms with E-state index in [1.165, 1.54) is 16.9 Å². The monoisotopic (exact) mass is 160 g/mol. The molecule has 0 unspecified atom stereocenters. The van der Waals surface area contributed by atoms with Crippen molar-refractivity contribution >= 4 is 28.7 Å². The molecule has 0 atom stereocenters. The molecule has 0 rings (SSSR count). The van der Waals surface area contributed by atoms with Crippen LogP contribution in [0.5, 0.6) is 0 Å². The first kappa shape index (κ1) is 8.85. The smallest absolute Gasteiger partial charge is 0.143 e. The quantitative estimate of drug-likeness (QED) is 0.224. The summed E-state index contributed by atoms with van der Waals surface area (Å²) in [5.41, 5.74) is 0.863. The van der Waals surface area contributed by atoms with Crippen LogP contribution in [0.15, 0.2) is 23.1 Å². The molecule has 3 heteroatoms. The molecule has 0 aliphatic heterocycles. The van der Waals surface area contributed by atoms with Crippen LogP contribution in [-0.4, -0.2) is 6.29 Å². The van der Waals surface area contributed by atoms with Crippen molar-refractivity contribution < 1.29 is 4.79 Å². The van der Waals surface area contributed by atoms with Gasteiger partial charge < -0.3 is 0 Å². The summed E-state index contributed by atoms with van der Waals surface area (Å²) in [6.07, 6.45) is 2.17. The lowest BCUT2D eigenvalue weighted by atomic mass is 10.3. The van der Waals surface area contributed by atoms with Crippen molar-refractivity contribution in [2.45, 2.75) is 6.92 Å². The van der Waals surface area contributed by atoms with E-state index in [1.54, 1.807) is 0 Å². The summed E-state index contributed by atoms with van der Waals surface area (Å²) < 4.78 is 0. The van der Waals surface area contributed by atoms with E-state index in [9.17, 15) is 4.79 Å². The van der Waals surface area contributed by atoms with Gasteiger partial charge in [-0.1, -0.05) is 17.4 Å².